The van der Waals surface area contributed by atoms with Crippen molar-refractivity contribution >= 4 is 27.3 Å². The first kappa shape index (κ1) is 13.8. The molecule has 1 aromatic carbocycles. The van der Waals surface area contributed by atoms with Gasteiger partial charge in [-0.2, -0.15) is 0 Å². The Hall–Kier alpha value is -0.640. The standard InChI is InChI=1S/C15H18BrNS/c1-2-12-7-8-13(18-12)9-11(10-17)14-5-3-4-6-15(14)16/h3-8,11H,2,9-10,17H2,1H3. The van der Waals surface area contributed by atoms with Crippen molar-refractivity contribution in [2.24, 2.45) is 5.73 Å². The number of aryl methyl sites for hydroxylation is 1. The van der Waals surface area contributed by atoms with Crippen LogP contribution in [0.25, 0.3) is 0 Å². The van der Waals surface area contributed by atoms with Crippen LogP contribution in [-0.2, 0) is 12.8 Å². The van der Waals surface area contributed by atoms with E-state index in [-0.39, 0.29) is 0 Å². The number of thiophene rings is 1. The Balaban J connectivity index is 2.17. The third-order valence-electron chi connectivity index (χ3n) is 3.14. The van der Waals surface area contributed by atoms with Crippen LogP contribution in [0.3, 0.4) is 0 Å². The van der Waals surface area contributed by atoms with Crippen molar-refractivity contribution in [1.82, 2.24) is 0 Å². The zero-order chi connectivity index (χ0) is 13.0. The first-order valence-corrected chi connectivity index (χ1v) is 7.87. The van der Waals surface area contributed by atoms with Gasteiger partial charge in [0.1, 0.15) is 0 Å². The van der Waals surface area contributed by atoms with E-state index < -0.39 is 0 Å². The van der Waals surface area contributed by atoms with Gasteiger partial charge in [0, 0.05) is 20.1 Å². The molecule has 0 spiro atoms. The molecule has 1 heterocycles. The molecule has 2 aromatic rings. The first-order valence-electron chi connectivity index (χ1n) is 6.26. The molecule has 1 aromatic heterocycles. The van der Waals surface area contributed by atoms with Crippen LogP contribution >= 0.6 is 27.3 Å². The number of rotatable bonds is 5. The van der Waals surface area contributed by atoms with Crippen LogP contribution in [0.5, 0.6) is 0 Å². The summed E-state index contributed by atoms with van der Waals surface area (Å²) in [5.74, 6) is 0.393. The average Bonchev–Trinajstić information content (AvgIpc) is 2.85. The van der Waals surface area contributed by atoms with Gasteiger partial charge in [0.2, 0.25) is 0 Å². The monoisotopic (exact) mass is 323 g/mol. The van der Waals surface area contributed by atoms with Gasteiger partial charge < -0.3 is 5.73 Å². The van der Waals surface area contributed by atoms with Crippen molar-refractivity contribution < 1.29 is 0 Å². The fourth-order valence-electron chi connectivity index (χ4n) is 2.09. The fourth-order valence-corrected chi connectivity index (χ4v) is 3.74. The Kier molecular flexibility index (Phi) is 4.98. The summed E-state index contributed by atoms with van der Waals surface area (Å²) in [5, 5.41) is 0. The van der Waals surface area contributed by atoms with Crippen LogP contribution in [0.4, 0.5) is 0 Å². The van der Waals surface area contributed by atoms with Gasteiger partial charge in [-0.3, -0.25) is 0 Å². The predicted octanol–water partition coefficient (Wildman–Crippen LogP) is 4.36. The molecule has 0 aliphatic carbocycles. The topological polar surface area (TPSA) is 26.0 Å². The highest BCUT2D eigenvalue weighted by molar-refractivity contribution is 9.10. The van der Waals surface area contributed by atoms with Gasteiger partial charge in [-0.15, -0.1) is 11.3 Å². The Bertz CT molecular complexity index is 507. The molecular formula is C15H18BrNS. The highest BCUT2D eigenvalue weighted by Crippen LogP contribution is 2.29. The fraction of sp³-hybridized carbons (Fsp3) is 0.333. The van der Waals surface area contributed by atoms with E-state index in [4.69, 9.17) is 5.73 Å². The molecule has 1 unspecified atom stereocenters. The Labute approximate surface area is 121 Å². The lowest BCUT2D eigenvalue weighted by atomic mass is 9.95. The summed E-state index contributed by atoms with van der Waals surface area (Å²) in [6.45, 7) is 2.88. The molecule has 0 radical (unpaired) electrons. The van der Waals surface area contributed by atoms with E-state index in [1.54, 1.807) is 0 Å². The summed E-state index contributed by atoms with van der Waals surface area (Å²) >= 11 is 5.52. The second-order valence-corrected chi connectivity index (χ2v) is 6.49. The van der Waals surface area contributed by atoms with Crippen molar-refractivity contribution in [1.29, 1.82) is 0 Å². The number of hydrogen-bond acceptors (Lipinski definition) is 2. The van der Waals surface area contributed by atoms with Gasteiger partial charge in [-0.25, -0.2) is 0 Å². The van der Waals surface area contributed by atoms with Crippen molar-refractivity contribution in [2.75, 3.05) is 6.54 Å². The molecule has 0 aliphatic heterocycles. The van der Waals surface area contributed by atoms with Crippen LogP contribution < -0.4 is 5.73 Å². The summed E-state index contributed by atoms with van der Waals surface area (Å²) in [4.78, 5) is 2.88. The number of nitrogens with two attached hydrogens (primary N) is 1. The van der Waals surface area contributed by atoms with Gasteiger partial charge in [0.25, 0.3) is 0 Å². The van der Waals surface area contributed by atoms with E-state index in [0.717, 1.165) is 17.3 Å². The summed E-state index contributed by atoms with van der Waals surface area (Å²) in [6.07, 6.45) is 2.15. The SMILES string of the molecule is CCc1ccc(CC(CN)c2ccccc2Br)s1. The van der Waals surface area contributed by atoms with Crippen LogP contribution in [0.15, 0.2) is 40.9 Å². The van der Waals surface area contributed by atoms with Crippen LogP contribution in [0, 0.1) is 0 Å². The molecule has 2 rings (SSSR count). The molecule has 0 aliphatic rings. The molecule has 2 N–H and O–H groups in total. The Morgan fingerprint density at radius 3 is 2.50 bits per heavy atom. The van der Waals surface area contributed by atoms with E-state index >= 15 is 0 Å². The second kappa shape index (κ2) is 6.50. The maximum Gasteiger partial charge on any atom is 0.0210 e. The van der Waals surface area contributed by atoms with Crippen molar-refractivity contribution in [3.05, 3.63) is 56.2 Å². The van der Waals surface area contributed by atoms with Crippen molar-refractivity contribution in [2.45, 2.75) is 25.7 Å². The van der Waals surface area contributed by atoms with E-state index in [1.807, 2.05) is 17.4 Å². The summed E-state index contributed by atoms with van der Waals surface area (Å²) in [5.41, 5.74) is 7.26. The van der Waals surface area contributed by atoms with Gasteiger partial charge >= 0.3 is 0 Å². The highest BCUT2D eigenvalue weighted by Gasteiger charge is 2.14. The molecule has 1 atom stereocenters. The summed E-state index contributed by atoms with van der Waals surface area (Å²) in [7, 11) is 0. The predicted molar refractivity (Wildman–Crippen MR) is 83.3 cm³/mol. The second-order valence-electron chi connectivity index (χ2n) is 4.38. The number of benzene rings is 1. The van der Waals surface area contributed by atoms with Crippen LogP contribution in [0.2, 0.25) is 0 Å². The maximum absolute atomic E-state index is 5.94. The van der Waals surface area contributed by atoms with Gasteiger partial charge in [0.05, 0.1) is 0 Å². The van der Waals surface area contributed by atoms with Gasteiger partial charge in [-0.05, 0) is 43.1 Å². The molecule has 3 heteroatoms. The first-order chi connectivity index (χ1) is 8.74. The average molecular weight is 324 g/mol. The molecule has 0 bridgehead atoms. The lowest BCUT2D eigenvalue weighted by molar-refractivity contribution is 0.698. The lowest BCUT2D eigenvalue weighted by Crippen LogP contribution is -2.15. The number of hydrogen-bond donors (Lipinski definition) is 1. The third kappa shape index (κ3) is 3.22. The van der Waals surface area contributed by atoms with Crippen molar-refractivity contribution in [3.8, 4) is 0 Å². The zero-order valence-electron chi connectivity index (χ0n) is 10.5. The third-order valence-corrected chi connectivity index (χ3v) is 5.12. The normalized spacial score (nSPS) is 12.6. The summed E-state index contributed by atoms with van der Waals surface area (Å²) < 4.78 is 1.16. The minimum absolute atomic E-state index is 0.393. The van der Waals surface area contributed by atoms with E-state index in [2.05, 4.69) is 53.2 Å². The Morgan fingerprint density at radius 1 is 1.17 bits per heavy atom. The molecule has 0 saturated heterocycles. The smallest absolute Gasteiger partial charge is 0.0210 e. The quantitative estimate of drug-likeness (QED) is 0.869. The minimum atomic E-state index is 0.393. The van der Waals surface area contributed by atoms with Crippen LogP contribution in [0.1, 0.15) is 28.2 Å². The molecule has 0 saturated carbocycles. The molecule has 96 valence electrons. The van der Waals surface area contributed by atoms with Crippen LogP contribution in [-0.4, -0.2) is 6.54 Å². The molecule has 18 heavy (non-hydrogen) atoms. The highest BCUT2D eigenvalue weighted by atomic mass is 79.9. The molecule has 0 amide bonds. The summed E-state index contributed by atoms with van der Waals surface area (Å²) in [6, 6.07) is 12.8. The molecule has 1 nitrogen and oxygen atoms in total. The minimum Gasteiger partial charge on any atom is -0.330 e. The largest absolute Gasteiger partial charge is 0.330 e. The van der Waals surface area contributed by atoms with E-state index in [1.165, 1.54) is 15.3 Å². The van der Waals surface area contributed by atoms with Gasteiger partial charge in [0.15, 0.2) is 0 Å². The Morgan fingerprint density at radius 2 is 1.89 bits per heavy atom. The number of halogens is 1. The van der Waals surface area contributed by atoms with Gasteiger partial charge in [-0.1, -0.05) is 41.1 Å². The van der Waals surface area contributed by atoms with E-state index in [9.17, 15) is 0 Å². The molecular weight excluding hydrogens is 306 g/mol. The van der Waals surface area contributed by atoms with E-state index in [0.29, 0.717) is 12.5 Å². The zero-order valence-corrected chi connectivity index (χ0v) is 12.9. The van der Waals surface area contributed by atoms with Crippen molar-refractivity contribution in [3.63, 3.8) is 0 Å². The maximum atomic E-state index is 5.94. The molecule has 0 fully saturated rings. The lowest BCUT2D eigenvalue weighted by Gasteiger charge is -2.15.